The number of nitriles is 1. The molecule has 0 spiro atoms. The van der Waals surface area contributed by atoms with Gasteiger partial charge in [0.1, 0.15) is 5.82 Å². The van der Waals surface area contributed by atoms with Crippen LogP contribution in [0.15, 0.2) is 60.9 Å². The van der Waals surface area contributed by atoms with Crippen molar-refractivity contribution in [3.63, 3.8) is 0 Å². The van der Waals surface area contributed by atoms with E-state index in [0.717, 1.165) is 17.1 Å². The summed E-state index contributed by atoms with van der Waals surface area (Å²) in [6, 6.07) is 16.8. The van der Waals surface area contributed by atoms with E-state index in [1.807, 2.05) is 41.1 Å². The lowest BCUT2D eigenvalue weighted by Gasteiger charge is -2.19. The largest absolute Gasteiger partial charge is 0.326 e. The van der Waals surface area contributed by atoms with Gasteiger partial charge in [-0.1, -0.05) is 35.9 Å². The van der Waals surface area contributed by atoms with Gasteiger partial charge in [0.25, 0.3) is 0 Å². The van der Waals surface area contributed by atoms with Crippen LogP contribution in [0.1, 0.15) is 18.0 Å². The van der Waals surface area contributed by atoms with Crippen molar-refractivity contribution in [3.8, 4) is 17.5 Å². The molecule has 26 heavy (non-hydrogen) atoms. The molecule has 6 heteroatoms. The molecule has 4 rings (SSSR count). The molecule has 5 nitrogen and oxygen atoms in total. The molecule has 128 valence electrons. The molecule has 0 N–H and O–H groups in total. The van der Waals surface area contributed by atoms with Crippen LogP contribution in [0.3, 0.4) is 0 Å². The lowest BCUT2D eigenvalue weighted by Crippen LogP contribution is -2.25. The summed E-state index contributed by atoms with van der Waals surface area (Å²) in [6.45, 7) is 0.532. The highest BCUT2D eigenvalue weighted by molar-refractivity contribution is 6.33. The number of para-hydroxylation sites is 1. The molecular weight excluding hydrogens is 348 g/mol. The molecular formula is C20H15ClN4O. The summed E-state index contributed by atoms with van der Waals surface area (Å²) in [6.07, 6.45) is 3.98. The van der Waals surface area contributed by atoms with E-state index in [-0.39, 0.29) is 11.9 Å². The van der Waals surface area contributed by atoms with Gasteiger partial charge in [-0.25, -0.2) is 4.98 Å². The zero-order chi connectivity index (χ0) is 18.1. The predicted molar refractivity (Wildman–Crippen MR) is 99.8 cm³/mol. The van der Waals surface area contributed by atoms with Crippen LogP contribution < -0.4 is 4.90 Å². The number of anilines is 1. The SMILES string of the molecule is N#Cc1cccc(-c2nccn2C2CC(=O)N(c3ccccc3Cl)C2)c1. The number of hydrogen-bond donors (Lipinski definition) is 0. The standard InChI is InChI=1S/C20H15ClN4O/c21-17-6-1-2-7-18(17)25-13-16(11-19(25)26)24-9-8-23-20(24)15-5-3-4-14(10-15)12-22/h1-10,16H,11,13H2. The van der Waals surface area contributed by atoms with Crippen LogP contribution in [-0.4, -0.2) is 22.0 Å². The van der Waals surface area contributed by atoms with E-state index in [4.69, 9.17) is 16.9 Å². The van der Waals surface area contributed by atoms with Crippen molar-refractivity contribution in [1.82, 2.24) is 9.55 Å². The average molecular weight is 363 g/mol. The van der Waals surface area contributed by atoms with E-state index in [9.17, 15) is 4.79 Å². The van der Waals surface area contributed by atoms with E-state index in [2.05, 4.69) is 11.1 Å². The summed E-state index contributed by atoms with van der Waals surface area (Å²) in [4.78, 5) is 18.7. The monoisotopic (exact) mass is 362 g/mol. The van der Waals surface area contributed by atoms with Crippen LogP contribution in [0.4, 0.5) is 5.69 Å². The van der Waals surface area contributed by atoms with Crippen molar-refractivity contribution < 1.29 is 4.79 Å². The first-order valence-corrected chi connectivity index (χ1v) is 8.63. The highest BCUT2D eigenvalue weighted by Gasteiger charge is 2.33. The fourth-order valence-corrected chi connectivity index (χ4v) is 3.58. The van der Waals surface area contributed by atoms with Crippen LogP contribution in [0.25, 0.3) is 11.4 Å². The van der Waals surface area contributed by atoms with Crippen molar-refractivity contribution in [3.05, 3.63) is 71.5 Å². The van der Waals surface area contributed by atoms with Crippen LogP contribution in [0.2, 0.25) is 5.02 Å². The van der Waals surface area contributed by atoms with E-state index < -0.39 is 0 Å². The van der Waals surface area contributed by atoms with Gasteiger partial charge in [-0.3, -0.25) is 4.79 Å². The fraction of sp³-hybridized carbons (Fsp3) is 0.150. The Bertz CT molecular complexity index is 1020. The zero-order valence-corrected chi connectivity index (χ0v) is 14.6. The van der Waals surface area contributed by atoms with Crippen LogP contribution in [0.5, 0.6) is 0 Å². The first kappa shape index (κ1) is 16.4. The minimum absolute atomic E-state index is 0.0357. The number of aromatic nitrogens is 2. The number of amides is 1. The van der Waals surface area contributed by atoms with Crippen LogP contribution in [0, 0.1) is 11.3 Å². The lowest BCUT2D eigenvalue weighted by atomic mass is 10.1. The third-order valence-electron chi connectivity index (χ3n) is 4.56. The Balaban J connectivity index is 1.66. The van der Waals surface area contributed by atoms with Gasteiger partial charge in [-0.2, -0.15) is 5.26 Å². The topological polar surface area (TPSA) is 61.9 Å². The molecule has 1 saturated heterocycles. The Morgan fingerprint density at radius 2 is 2.04 bits per heavy atom. The number of carbonyl (C=O) groups is 1. The summed E-state index contributed by atoms with van der Waals surface area (Å²) in [5, 5.41) is 9.68. The minimum Gasteiger partial charge on any atom is -0.326 e. The highest BCUT2D eigenvalue weighted by atomic mass is 35.5. The molecule has 1 fully saturated rings. The molecule has 0 aliphatic carbocycles. The van der Waals surface area contributed by atoms with Gasteiger partial charge in [0.05, 0.1) is 28.4 Å². The van der Waals surface area contributed by atoms with E-state index in [1.54, 1.807) is 29.3 Å². The number of imidazole rings is 1. The summed E-state index contributed by atoms with van der Waals surface area (Å²) >= 11 is 6.26. The summed E-state index contributed by atoms with van der Waals surface area (Å²) < 4.78 is 2.01. The van der Waals surface area contributed by atoms with Crippen molar-refractivity contribution in [2.75, 3.05) is 11.4 Å². The second kappa shape index (κ2) is 6.66. The average Bonchev–Trinajstić information content (AvgIpc) is 3.29. The molecule has 1 aliphatic heterocycles. The summed E-state index contributed by atoms with van der Waals surface area (Å²) in [5.74, 6) is 0.787. The number of halogens is 1. The van der Waals surface area contributed by atoms with Gasteiger partial charge in [0.15, 0.2) is 0 Å². The van der Waals surface area contributed by atoms with Gasteiger partial charge < -0.3 is 9.47 Å². The quantitative estimate of drug-likeness (QED) is 0.706. The molecule has 2 heterocycles. The first-order valence-electron chi connectivity index (χ1n) is 8.25. The molecule has 1 atom stereocenters. The summed E-state index contributed by atoms with van der Waals surface area (Å²) in [7, 11) is 0. The van der Waals surface area contributed by atoms with Crippen LogP contribution in [-0.2, 0) is 4.79 Å². The number of rotatable bonds is 3. The maximum absolute atomic E-state index is 12.6. The Labute approximate surface area is 156 Å². The number of hydrogen-bond acceptors (Lipinski definition) is 3. The smallest absolute Gasteiger partial charge is 0.229 e. The third-order valence-corrected chi connectivity index (χ3v) is 4.88. The molecule has 1 aliphatic rings. The molecule has 2 aromatic carbocycles. The molecule has 0 radical (unpaired) electrons. The second-order valence-corrected chi connectivity index (χ2v) is 6.57. The van der Waals surface area contributed by atoms with Crippen LogP contribution >= 0.6 is 11.6 Å². The number of benzene rings is 2. The molecule has 0 bridgehead atoms. The third kappa shape index (κ3) is 2.85. The Morgan fingerprint density at radius 3 is 2.85 bits per heavy atom. The highest BCUT2D eigenvalue weighted by Crippen LogP contribution is 2.34. The van der Waals surface area contributed by atoms with Gasteiger partial charge in [0.2, 0.25) is 5.91 Å². The normalized spacial score (nSPS) is 16.7. The maximum atomic E-state index is 12.6. The van der Waals surface area contributed by atoms with Crippen molar-refractivity contribution in [1.29, 1.82) is 5.26 Å². The first-order chi connectivity index (χ1) is 12.7. The van der Waals surface area contributed by atoms with E-state index in [0.29, 0.717) is 23.6 Å². The Morgan fingerprint density at radius 1 is 1.19 bits per heavy atom. The van der Waals surface area contributed by atoms with Gasteiger partial charge >= 0.3 is 0 Å². The molecule has 0 saturated carbocycles. The maximum Gasteiger partial charge on any atom is 0.229 e. The molecule has 3 aromatic rings. The van der Waals surface area contributed by atoms with Gasteiger partial charge in [-0.15, -0.1) is 0 Å². The molecule has 1 unspecified atom stereocenters. The van der Waals surface area contributed by atoms with Crippen molar-refractivity contribution >= 4 is 23.2 Å². The van der Waals surface area contributed by atoms with E-state index in [1.165, 1.54) is 0 Å². The zero-order valence-electron chi connectivity index (χ0n) is 13.8. The molecule has 1 amide bonds. The minimum atomic E-state index is -0.0398. The van der Waals surface area contributed by atoms with Gasteiger partial charge in [0, 0.05) is 30.9 Å². The van der Waals surface area contributed by atoms with Crippen molar-refractivity contribution in [2.45, 2.75) is 12.5 Å². The summed E-state index contributed by atoms with van der Waals surface area (Å²) in [5.41, 5.74) is 2.17. The molecule has 1 aromatic heterocycles. The Hall–Kier alpha value is -3.10. The van der Waals surface area contributed by atoms with Crippen molar-refractivity contribution in [2.24, 2.45) is 0 Å². The van der Waals surface area contributed by atoms with E-state index >= 15 is 0 Å². The Kier molecular flexibility index (Phi) is 4.19. The predicted octanol–water partition coefficient (Wildman–Crippen LogP) is 4.05. The number of carbonyl (C=O) groups excluding carboxylic acids is 1. The fourth-order valence-electron chi connectivity index (χ4n) is 3.34. The second-order valence-electron chi connectivity index (χ2n) is 6.16. The lowest BCUT2D eigenvalue weighted by molar-refractivity contribution is -0.117. The van der Waals surface area contributed by atoms with Gasteiger partial charge in [-0.05, 0) is 24.3 Å². The number of nitrogens with zero attached hydrogens (tertiary/aromatic N) is 4.